The van der Waals surface area contributed by atoms with E-state index in [-0.39, 0.29) is 30.0 Å². The Morgan fingerprint density at radius 3 is 2.45 bits per heavy atom. The molecule has 2 aromatic heterocycles. The Bertz CT molecular complexity index is 1860. The molecule has 0 radical (unpaired) electrons. The van der Waals surface area contributed by atoms with Crippen LogP contribution in [0, 0.1) is 22.7 Å². The second kappa shape index (κ2) is 12.7. The lowest BCUT2D eigenvalue weighted by atomic mass is 10.0. The molecule has 0 aliphatic carbocycles. The van der Waals surface area contributed by atoms with Gasteiger partial charge in [0, 0.05) is 25.1 Å². The molecule has 0 saturated heterocycles. The van der Waals surface area contributed by atoms with Gasteiger partial charge in [-0.15, -0.1) is 0 Å². The molecule has 0 amide bonds. The Morgan fingerprint density at radius 1 is 1.07 bits per heavy atom. The summed E-state index contributed by atoms with van der Waals surface area (Å²) in [5.41, 5.74) is 1.12. The standard InChI is InChI=1S/C30H27N5O6S/c1-19(2)41-18-27-34-29(36)28(30(37)35(27)26(17-40-3)22-6-4-5-20(13-22)14-31)42(38,39)24-9-7-21(8-10-24)25-11-12-33-16-23(25)15-32/h4-13,16,19,26,37H,17-18H2,1-3H3. The van der Waals surface area contributed by atoms with Crippen LogP contribution < -0.4 is 5.56 Å². The van der Waals surface area contributed by atoms with Crippen molar-refractivity contribution in [3.63, 3.8) is 0 Å². The van der Waals surface area contributed by atoms with Crippen LogP contribution in [-0.2, 0) is 25.9 Å². The summed E-state index contributed by atoms with van der Waals surface area (Å²) < 4.78 is 39.9. The van der Waals surface area contributed by atoms with Gasteiger partial charge in [-0.1, -0.05) is 24.3 Å². The minimum absolute atomic E-state index is 0.0216. The molecule has 1 unspecified atom stereocenters. The van der Waals surface area contributed by atoms with Gasteiger partial charge in [0.2, 0.25) is 15.7 Å². The molecule has 1 N–H and O–H groups in total. The van der Waals surface area contributed by atoms with Crippen molar-refractivity contribution in [1.82, 2.24) is 14.5 Å². The fourth-order valence-corrected chi connectivity index (χ4v) is 5.76. The highest BCUT2D eigenvalue weighted by Crippen LogP contribution is 2.33. The zero-order valence-electron chi connectivity index (χ0n) is 23.1. The molecule has 0 bridgehead atoms. The van der Waals surface area contributed by atoms with Crippen molar-refractivity contribution in [2.45, 2.75) is 42.4 Å². The SMILES string of the molecule is COCC(c1cccc(C#N)c1)n1c(COC(C)C)nc(=O)c(S(=O)(=O)c2ccc(-c3ccncc3C#N)cc2)c1O. The smallest absolute Gasteiger partial charge is 0.296 e. The molecule has 0 spiro atoms. The maximum atomic E-state index is 13.8. The van der Waals surface area contributed by atoms with Crippen molar-refractivity contribution in [2.24, 2.45) is 0 Å². The van der Waals surface area contributed by atoms with Crippen molar-refractivity contribution in [2.75, 3.05) is 13.7 Å². The van der Waals surface area contributed by atoms with Crippen molar-refractivity contribution in [1.29, 1.82) is 10.5 Å². The third-order valence-electron chi connectivity index (χ3n) is 6.40. The second-order valence-corrected chi connectivity index (χ2v) is 11.4. The summed E-state index contributed by atoms with van der Waals surface area (Å²) in [6.45, 7) is 3.29. The number of aromatic hydroxyl groups is 1. The molecule has 0 aliphatic rings. The van der Waals surface area contributed by atoms with Crippen LogP contribution in [0.15, 0.2) is 81.6 Å². The Hall–Kier alpha value is -4.88. The predicted octanol–water partition coefficient (Wildman–Crippen LogP) is 3.75. The maximum absolute atomic E-state index is 13.8. The monoisotopic (exact) mass is 585 g/mol. The highest BCUT2D eigenvalue weighted by Gasteiger charge is 2.32. The molecular formula is C30H27N5O6S. The molecule has 0 fully saturated rings. The van der Waals surface area contributed by atoms with E-state index in [2.05, 4.69) is 16.0 Å². The van der Waals surface area contributed by atoms with Gasteiger partial charge in [0.15, 0.2) is 4.90 Å². The molecule has 214 valence electrons. The summed E-state index contributed by atoms with van der Waals surface area (Å²) >= 11 is 0. The van der Waals surface area contributed by atoms with Crippen LogP contribution in [0.3, 0.4) is 0 Å². The second-order valence-electron chi connectivity index (χ2n) is 9.48. The van der Waals surface area contributed by atoms with Crippen LogP contribution >= 0.6 is 0 Å². The number of hydrogen-bond donors (Lipinski definition) is 1. The lowest BCUT2D eigenvalue weighted by Gasteiger charge is -2.26. The van der Waals surface area contributed by atoms with E-state index >= 15 is 0 Å². The summed E-state index contributed by atoms with van der Waals surface area (Å²) in [5, 5.41) is 30.3. The van der Waals surface area contributed by atoms with E-state index in [1.807, 2.05) is 6.07 Å². The van der Waals surface area contributed by atoms with Crippen molar-refractivity contribution < 1.29 is 23.0 Å². The molecule has 0 saturated carbocycles. The van der Waals surface area contributed by atoms with Crippen molar-refractivity contribution >= 4 is 9.84 Å². The molecule has 42 heavy (non-hydrogen) atoms. The highest BCUT2D eigenvalue weighted by molar-refractivity contribution is 7.91. The summed E-state index contributed by atoms with van der Waals surface area (Å²) in [5.74, 6) is -0.863. The fourth-order valence-electron chi connectivity index (χ4n) is 4.41. The van der Waals surface area contributed by atoms with E-state index in [9.17, 15) is 28.8 Å². The first-order valence-electron chi connectivity index (χ1n) is 12.8. The number of ether oxygens (including phenoxy) is 2. The van der Waals surface area contributed by atoms with Crippen molar-refractivity contribution in [3.8, 4) is 29.1 Å². The number of rotatable bonds is 10. The Kier molecular flexibility index (Phi) is 9.13. The van der Waals surface area contributed by atoms with Crippen LogP contribution in [0.25, 0.3) is 11.1 Å². The van der Waals surface area contributed by atoms with Gasteiger partial charge < -0.3 is 14.6 Å². The topological polar surface area (TPSA) is 168 Å². The van der Waals surface area contributed by atoms with Gasteiger partial charge in [-0.25, -0.2) is 8.42 Å². The fraction of sp³-hybridized carbons (Fsp3) is 0.233. The van der Waals surface area contributed by atoms with Gasteiger partial charge >= 0.3 is 0 Å². The average molecular weight is 586 g/mol. The van der Waals surface area contributed by atoms with Crippen molar-refractivity contribution in [3.05, 3.63) is 99.9 Å². The molecule has 11 nitrogen and oxygen atoms in total. The van der Waals surface area contributed by atoms with E-state index < -0.39 is 32.2 Å². The predicted molar refractivity (Wildman–Crippen MR) is 151 cm³/mol. The number of benzene rings is 2. The zero-order chi connectivity index (χ0) is 30.4. The Balaban J connectivity index is 1.90. The molecule has 1 atom stereocenters. The molecule has 4 aromatic rings. The molecular weight excluding hydrogens is 558 g/mol. The number of pyridine rings is 1. The van der Waals surface area contributed by atoms with Gasteiger partial charge in [0.1, 0.15) is 18.5 Å². The molecule has 0 aliphatic heterocycles. The normalized spacial score (nSPS) is 12.0. The quantitative estimate of drug-likeness (QED) is 0.289. The maximum Gasteiger partial charge on any atom is 0.296 e. The minimum atomic E-state index is -4.59. The first-order chi connectivity index (χ1) is 20.1. The van der Waals surface area contributed by atoms with Gasteiger partial charge in [0.25, 0.3) is 5.56 Å². The van der Waals surface area contributed by atoms with Gasteiger partial charge in [-0.05, 0) is 55.3 Å². The average Bonchev–Trinajstić information content (AvgIpc) is 2.99. The van der Waals surface area contributed by atoms with Gasteiger partial charge in [-0.3, -0.25) is 14.3 Å². The van der Waals surface area contributed by atoms with Crippen LogP contribution in [-0.4, -0.2) is 47.9 Å². The van der Waals surface area contributed by atoms with E-state index in [0.29, 0.717) is 27.8 Å². The Morgan fingerprint density at radius 2 is 1.81 bits per heavy atom. The lowest BCUT2D eigenvalue weighted by Crippen LogP contribution is -2.29. The molecule has 4 rings (SSSR count). The third kappa shape index (κ3) is 6.06. The first-order valence-corrected chi connectivity index (χ1v) is 14.2. The minimum Gasteiger partial charge on any atom is -0.493 e. The summed E-state index contributed by atoms with van der Waals surface area (Å²) in [4.78, 5) is 20.0. The number of sulfone groups is 1. The number of nitriles is 2. The molecule has 2 heterocycles. The van der Waals surface area contributed by atoms with Crippen LogP contribution in [0.4, 0.5) is 0 Å². The summed E-state index contributed by atoms with van der Waals surface area (Å²) in [6, 6.07) is 17.0. The van der Waals surface area contributed by atoms with Gasteiger partial charge in [0.05, 0.1) is 40.8 Å². The first kappa shape index (κ1) is 30.1. The van der Waals surface area contributed by atoms with Crippen LogP contribution in [0.2, 0.25) is 0 Å². The summed E-state index contributed by atoms with van der Waals surface area (Å²) in [7, 11) is -3.16. The number of aromatic nitrogens is 3. The molecule has 2 aromatic carbocycles. The highest BCUT2D eigenvalue weighted by atomic mass is 32.2. The third-order valence-corrected chi connectivity index (χ3v) is 8.19. The number of methoxy groups -OCH3 is 1. The van der Waals surface area contributed by atoms with Gasteiger partial charge in [-0.2, -0.15) is 15.5 Å². The van der Waals surface area contributed by atoms with E-state index in [4.69, 9.17) is 9.47 Å². The van der Waals surface area contributed by atoms with E-state index in [1.165, 1.54) is 48.3 Å². The summed E-state index contributed by atoms with van der Waals surface area (Å²) in [6.07, 6.45) is 2.66. The van der Waals surface area contributed by atoms with E-state index in [1.54, 1.807) is 44.2 Å². The van der Waals surface area contributed by atoms with Crippen LogP contribution in [0.1, 0.15) is 42.4 Å². The van der Waals surface area contributed by atoms with E-state index in [0.717, 1.165) is 0 Å². The molecule has 12 heteroatoms. The lowest BCUT2D eigenvalue weighted by molar-refractivity contribution is 0.0554. The zero-order valence-corrected chi connectivity index (χ0v) is 23.9. The van der Waals surface area contributed by atoms with Crippen LogP contribution in [0.5, 0.6) is 5.88 Å². The Labute approximate surface area is 242 Å². The largest absolute Gasteiger partial charge is 0.493 e. The number of hydrogen-bond acceptors (Lipinski definition) is 10. The number of nitrogens with zero attached hydrogens (tertiary/aromatic N) is 5.